The number of ether oxygens (including phenoxy) is 1. The molecule has 2 N–H and O–H groups in total. The van der Waals surface area contributed by atoms with Gasteiger partial charge in [0.25, 0.3) is 0 Å². The van der Waals surface area contributed by atoms with Crippen LogP contribution in [0.2, 0.25) is 0 Å². The normalized spacial score (nSPS) is 31.5. The zero-order valence-electron chi connectivity index (χ0n) is 13.2. The Kier molecular flexibility index (Phi) is 5.31. The molecule has 3 rings (SSSR count). The van der Waals surface area contributed by atoms with E-state index in [2.05, 4.69) is 15.5 Å². The van der Waals surface area contributed by atoms with Gasteiger partial charge in [0.2, 0.25) is 11.8 Å². The lowest BCUT2D eigenvalue weighted by molar-refractivity contribution is -0.133. The molecular weight excluding hydrogens is 282 g/mol. The molecule has 0 saturated carbocycles. The van der Waals surface area contributed by atoms with Crippen molar-refractivity contribution in [1.29, 1.82) is 0 Å². The quantitative estimate of drug-likeness (QED) is 0.785. The van der Waals surface area contributed by atoms with E-state index in [0.717, 1.165) is 64.8 Å². The van der Waals surface area contributed by atoms with Crippen molar-refractivity contribution >= 4 is 11.8 Å². The SMILES string of the molecule is O=C(NC1CCOCC1)C1CCCN(C2CCCNC2=O)C1. The van der Waals surface area contributed by atoms with E-state index in [9.17, 15) is 9.59 Å². The fourth-order valence-electron chi connectivity index (χ4n) is 3.77. The number of hydrogen-bond acceptors (Lipinski definition) is 4. The minimum atomic E-state index is -0.0348. The molecule has 6 nitrogen and oxygen atoms in total. The number of nitrogens with one attached hydrogen (secondary N) is 2. The van der Waals surface area contributed by atoms with Crippen molar-refractivity contribution in [2.45, 2.75) is 50.6 Å². The molecule has 2 atom stereocenters. The first-order valence-electron chi connectivity index (χ1n) is 8.64. The first kappa shape index (κ1) is 15.7. The molecule has 3 fully saturated rings. The van der Waals surface area contributed by atoms with Crippen LogP contribution in [0, 0.1) is 5.92 Å². The summed E-state index contributed by atoms with van der Waals surface area (Å²) in [5, 5.41) is 6.12. The molecule has 124 valence electrons. The molecule has 0 aromatic rings. The Morgan fingerprint density at radius 1 is 1.18 bits per heavy atom. The average molecular weight is 309 g/mol. The molecule has 22 heavy (non-hydrogen) atoms. The highest BCUT2D eigenvalue weighted by molar-refractivity contribution is 5.83. The van der Waals surface area contributed by atoms with Gasteiger partial charge in [-0.25, -0.2) is 0 Å². The van der Waals surface area contributed by atoms with Crippen LogP contribution in [0.3, 0.4) is 0 Å². The van der Waals surface area contributed by atoms with Gasteiger partial charge in [-0.3, -0.25) is 14.5 Å². The molecular formula is C16H27N3O3. The lowest BCUT2D eigenvalue weighted by Gasteiger charge is -2.39. The lowest BCUT2D eigenvalue weighted by atomic mass is 9.93. The first-order valence-corrected chi connectivity index (χ1v) is 8.64. The van der Waals surface area contributed by atoms with E-state index in [1.165, 1.54) is 0 Å². The Bertz CT molecular complexity index is 409. The Hall–Kier alpha value is -1.14. The van der Waals surface area contributed by atoms with Crippen molar-refractivity contribution in [2.24, 2.45) is 5.92 Å². The van der Waals surface area contributed by atoms with Gasteiger partial charge < -0.3 is 15.4 Å². The third-order valence-electron chi connectivity index (χ3n) is 5.09. The minimum Gasteiger partial charge on any atom is -0.381 e. The highest BCUT2D eigenvalue weighted by Gasteiger charge is 2.34. The summed E-state index contributed by atoms with van der Waals surface area (Å²) in [5.74, 6) is 0.316. The molecule has 3 saturated heterocycles. The van der Waals surface area contributed by atoms with E-state index >= 15 is 0 Å². The summed E-state index contributed by atoms with van der Waals surface area (Å²) in [6.07, 6.45) is 5.70. The van der Waals surface area contributed by atoms with Crippen LogP contribution >= 0.6 is 0 Å². The average Bonchev–Trinajstić information content (AvgIpc) is 2.56. The van der Waals surface area contributed by atoms with Gasteiger partial charge in [-0.05, 0) is 45.1 Å². The third-order valence-corrected chi connectivity index (χ3v) is 5.09. The van der Waals surface area contributed by atoms with Crippen LogP contribution in [0.4, 0.5) is 0 Å². The zero-order valence-corrected chi connectivity index (χ0v) is 13.2. The molecule has 0 radical (unpaired) electrons. The summed E-state index contributed by atoms with van der Waals surface area (Å²) in [4.78, 5) is 26.7. The highest BCUT2D eigenvalue weighted by atomic mass is 16.5. The third kappa shape index (κ3) is 3.79. The van der Waals surface area contributed by atoms with Crippen molar-refractivity contribution in [3.8, 4) is 0 Å². The van der Waals surface area contributed by atoms with Gasteiger partial charge in [-0.15, -0.1) is 0 Å². The monoisotopic (exact) mass is 309 g/mol. The molecule has 3 aliphatic rings. The molecule has 0 aromatic heterocycles. The van der Waals surface area contributed by atoms with Gasteiger partial charge in [0.05, 0.1) is 12.0 Å². The Labute approximate surface area is 131 Å². The molecule has 0 bridgehead atoms. The molecule has 3 heterocycles. The summed E-state index contributed by atoms with van der Waals surface area (Å²) in [7, 11) is 0. The molecule has 2 unspecified atom stereocenters. The summed E-state index contributed by atoms with van der Waals surface area (Å²) in [5.41, 5.74) is 0. The second-order valence-electron chi connectivity index (χ2n) is 6.68. The van der Waals surface area contributed by atoms with E-state index in [1.807, 2.05) is 0 Å². The summed E-state index contributed by atoms with van der Waals surface area (Å²) in [6.45, 7) is 3.91. The van der Waals surface area contributed by atoms with E-state index in [1.54, 1.807) is 0 Å². The number of amides is 2. The predicted octanol–water partition coefficient (Wildman–Crippen LogP) is 0.272. The van der Waals surface area contributed by atoms with Crippen molar-refractivity contribution in [2.75, 3.05) is 32.8 Å². The number of nitrogens with zero attached hydrogens (tertiary/aromatic N) is 1. The van der Waals surface area contributed by atoms with Crippen LogP contribution < -0.4 is 10.6 Å². The number of rotatable bonds is 3. The Balaban J connectivity index is 1.53. The van der Waals surface area contributed by atoms with Crippen molar-refractivity contribution in [3.63, 3.8) is 0 Å². The van der Waals surface area contributed by atoms with Gasteiger partial charge in [0, 0.05) is 32.3 Å². The van der Waals surface area contributed by atoms with Crippen molar-refractivity contribution in [3.05, 3.63) is 0 Å². The Morgan fingerprint density at radius 2 is 2.00 bits per heavy atom. The number of likely N-dealkylation sites (tertiary alicyclic amines) is 1. The molecule has 0 aliphatic carbocycles. The zero-order chi connectivity index (χ0) is 15.4. The van der Waals surface area contributed by atoms with Crippen LogP contribution in [0.25, 0.3) is 0 Å². The van der Waals surface area contributed by atoms with E-state index < -0.39 is 0 Å². The van der Waals surface area contributed by atoms with Crippen molar-refractivity contribution in [1.82, 2.24) is 15.5 Å². The maximum Gasteiger partial charge on any atom is 0.237 e. The van der Waals surface area contributed by atoms with E-state index in [-0.39, 0.29) is 29.8 Å². The van der Waals surface area contributed by atoms with Gasteiger partial charge >= 0.3 is 0 Å². The van der Waals surface area contributed by atoms with Crippen molar-refractivity contribution < 1.29 is 14.3 Å². The van der Waals surface area contributed by atoms with Crippen LogP contribution in [0.15, 0.2) is 0 Å². The Morgan fingerprint density at radius 3 is 2.77 bits per heavy atom. The molecule has 0 aromatic carbocycles. The van der Waals surface area contributed by atoms with E-state index in [4.69, 9.17) is 4.74 Å². The lowest BCUT2D eigenvalue weighted by Crippen LogP contribution is -2.55. The molecule has 2 amide bonds. The second kappa shape index (κ2) is 7.42. The highest BCUT2D eigenvalue weighted by Crippen LogP contribution is 2.22. The van der Waals surface area contributed by atoms with Gasteiger partial charge in [0.15, 0.2) is 0 Å². The maximum atomic E-state index is 12.5. The van der Waals surface area contributed by atoms with Gasteiger partial charge in [-0.2, -0.15) is 0 Å². The largest absolute Gasteiger partial charge is 0.381 e. The second-order valence-corrected chi connectivity index (χ2v) is 6.68. The number of piperidine rings is 2. The van der Waals surface area contributed by atoms with Crippen LogP contribution in [-0.4, -0.2) is 61.6 Å². The fourth-order valence-corrected chi connectivity index (χ4v) is 3.77. The maximum absolute atomic E-state index is 12.5. The number of hydrogen-bond donors (Lipinski definition) is 2. The summed E-state index contributed by atoms with van der Waals surface area (Å²) in [6, 6.07) is 0.224. The summed E-state index contributed by atoms with van der Waals surface area (Å²) < 4.78 is 5.33. The van der Waals surface area contributed by atoms with Gasteiger partial charge in [-0.1, -0.05) is 0 Å². The fraction of sp³-hybridized carbons (Fsp3) is 0.875. The molecule has 3 aliphatic heterocycles. The van der Waals surface area contributed by atoms with E-state index in [0.29, 0.717) is 6.54 Å². The van der Waals surface area contributed by atoms with Crippen LogP contribution in [-0.2, 0) is 14.3 Å². The molecule has 6 heteroatoms. The minimum absolute atomic E-state index is 0.0197. The number of carbonyl (C=O) groups excluding carboxylic acids is 2. The van der Waals surface area contributed by atoms with Gasteiger partial charge in [0.1, 0.15) is 0 Å². The topological polar surface area (TPSA) is 70.7 Å². The predicted molar refractivity (Wildman–Crippen MR) is 82.3 cm³/mol. The molecule has 0 spiro atoms. The standard InChI is InChI=1S/C16H27N3O3/c20-15(18-13-5-9-22-10-6-13)12-3-2-8-19(11-12)14-4-1-7-17-16(14)21/h12-14H,1-11H2,(H,17,21)(H,18,20). The van der Waals surface area contributed by atoms with Crippen LogP contribution in [0.1, 0.15) is 38.5 Å². The summed E-state index contributed by atoms with van der Waals surface area (Å²) >= 11 is 0. The first-order chi connectivity index (χ1) is 10.7. The number of carbonyl (C=O) groups is 2. The smallest absolute Gasteiger partial charge is 0.237 e. The van der Waals surface area contributed by atoms with Crippen LogP contribution in [0.5, 0.6) is 0 Å².